The van der Waals surface area contributed by atoms with Gasteiger partial charge in [0.1, 0.15) is 5.76 Å². The van der Waals surface area contributed by atoms with E-state index in [0.29, 0.717) is 34.9 Å². The minimum atomic E-state index is -2.72. The molecular weight excluding hydrogens is 450 g/mol. The molecule has 1 aliphatic rings. The molecule has 1 aliphatic carbocycles. The second-order valence-corrected chi connectivity index (χ2v) is 9.96. The van der Waals surface area contributed by atoms with Crippen molar-refractivity contribution in [3.05, 3.63) is 52.7 Å². The molecule has 1 N–H and O–H groups in total. The molecule has 8 heteroatoms. The van der Waals surface area contributed by atoms with Crippen LogP contribution in [-0.2, 0) is 23.9 Å². The van der Waals surface area contributed by atoms with Crippen molar-refractivity contribution in [2.75, 3.05) is 13.6 Å². The summed E-state index contributed by atoms with van der Waals surface area (Å²) in [5, 5.41) is 3.40. The number of benzene rings is 1. The molecule has 1 fully saturated rings. The lowest BCUT2D eigenvalue weighted by atomic mass is 10.0. The molecule has 182 valence electrons. The molecule has 2 heterocycles. The van der Waals surface area contributed by atoms with Crippen molar-refractivity contribution in [3.8, 4) is 11.3 Å². The van der Waals surface area contributed by atoms with Gasteiger partial charge >= 0.3 is 0 Å². The highest BCUT2D eigenvalue weighted by molar-refractivity contribution is 7.69. The summed E-state index contributed by atoms with van der Waals surface area (Å²) in [7, 11) is -1.11. The summed E-state index contributed by atoms with van der Waals surface area (Å²) >= 11 is 0. The van der Waals surface area contributed by atoms with Crippen LogP contribution in [0.5, 0.6) is 0 Å². The quantitative estimate of drug-likeness (QED) is 0.302. The van der Waals surface area contributed by atoms with E-state index in [4.69, 9.17) is 9.40 Å². The number of aromatic nitrogens is 1. The van der Waals surface area contributed by atoms with Crippen LogP contribution in [0.4, 0.5) is 0 Å². The van der Waals surface area contributed by atoms with E-state index >= 15 is 0 Å². The van der Waals surface area contributed by atoms with E-state index in [9.17, 15) is 13.2 Å². The van der Waals surface area contributed by atoms with Gasteiger partial charge in [-0.25, -0.2) is 13.4 Å². The SMILES string of the molecule is CCCCCN(Cc1nc2oc(-c3ccc(CC)cc3)c(C(=O)NC)c2cc1C1CC1)[SH](=O)=O. The van der Waals surface area contributed by atoms with Gasteiger partial charge in [-0.3, -0.25) is 4.79 Å². The Morgan fingerprint density at radius 3 is 2.50 bits per heavy atom. The van der Waals surface area contributed by atoms with Gasteiger partial charge in [0.25, 0.3) is 5.91 Å². The van der Waals surface area contributed by atoms with E-state index in [1.165, 1.54) is 9.87 Å². The first-order valence-corrected chi connectivity index (χ1v) is 13.3. The van der Waals surface area contributed by atoms with Gasteiger partial charge in [0.15, 0.2) is 0 Å². The molecule has 1 saturated carbocycles. The van der Waals surface area contributed by atoms with Gasteiger partial charge in [-0.05, 0) is 48.8 Å². The lowest BCUT2D eigenvalue weighted by Crippen LogP contribution is -2.24. The molecule has 0 atom stereocenters. The van der Waals surface area contributed by atoms with Crippen LogP contribution in [0.1, 0.15) is 79.0 Å². The van der Waals surface area contributed by atoms with Gasteiger partial charge in [0, 0.05) is 19.2 Å². The Morgan fingerprint density at radius 2 is 1.91 bits per heavy atom. The fourth-order valence-electron chi connectivity index (χ4n) is 4.33. The van der Waals surface area contributed by atoms with E-state index in [1.54, 1.807) is 7.05 Å². The smallest absolute Gasteiger partial charge is 0.255 e. The molecule has 2 aromatic heterocycles. The lowest BCUT2D eigenvalue weighted by Gasteiger charge is -2.17. The number of rotatable bonds is 11. The summed E-state index contributed by atoms with van der Waals surface area (Å²) < 4.78 is 31.5. The Balaban J connectivity index is 1.81. The molecule has 0 bridgehead atoms. The third-order valence-corrected chi connectivity index (χ3v) is 7.28. The maximum Gasteiger partial charge on any atom is 0.255 e. The van der Waals surface area contributed by atoms with Crippen LogP contribution in [-0.4, -0.2) is 37.2 Å². The summed E-state index contributed by atoms with van der Waals surface area (Å²) in [5.41, 5.74) is 4.58. The van der Waals surface area contributed by atoms with Crippen molar-refractivity contribution in [2.45, 2.75) is 64.8 Å². The first-order chi connectivity index (χ1) is 16.5. The minimum absolute atomic E-state index is 0.223. The van der Waals surface area contributed by atoms with Crippen molar-refractivity contribution >= 4 is 27.9 Å². The summed E-state index contributed by atoms with van der Waals surface area (Å²) in [6.45, 7) is 4.89. The number of amides is 1. The molecule has 1 amide bonds. The predicted octanol–water partition coefficient (Wildman–Crippen LogP) is 4.81. The van der Waals surface area contributed by atoms with Crippen LogP contribution in [0.3, 0.4) is 0 Å². The number of unbranched alkanes of at least 4 members (excludes halogenated alkanes) is 2. The number of carbonyl (C=O) groups excluding carboxylic acids is 1. The summed E-state index contributed by atoms with van der Waals surface area (Å²) in [6.07, 6.45) is 5.83. The molecule has 0 saturated heterocycles. The van der Waals surface area contributed by atoms with Crippen LogP contribution in [0, 0.1) is 0 Å². The van der Waals surface area contributed by atoms with Crippen LogP contribution in [0.2, 0.25) is 0 Å². The Kier molecular flexibility index (Phi) is 7.68. The monoisotopic (exact) mass is 483 g/mol. The zero-order valence-electron chi connectivity index (χ0n) is 20.1. The molecular formula is C26H33N3O4S. The predicted molar refractivity (Wildman–Crippen MR) is 134 cm³/mol. The topological polar surface area (TPSA) is 92.5 Å². The first-order valence-electron chi connectivity index (χ1n) is 12.1. The molecule has 0 aliphatic heterocycles. The molecule has 0 unspecified atom stereocenters. The number of hydrogen-bond donors (Lipinski definition) is 2. The second kappa shape index (κ2) is 10.7. The van der Waals surface area contributed by atoms with Crippen molar-refractivity contribution in [3.63, 3.8) is 0 Å². The average Bonchev–Trinajstić information content (AvgIpc) is 3.63. The number of nitrogens with one attached hydrogen (secondary N) is 1. The molecule has 3 aromatic rings. The highest BCUT2D eigenvalue weighted by Crippen LogP contribution is 2.44. The van der Waals surface area contributed by atoms with Gasteiger partial charge in [-0.2, -0.15) is 4.31 Å². The molecule has 0 radical (unpaired) electrons. The fraction of sp³-hybridized carbons (Fsp3) is 0.462. The number of furan rings is 1. The summed E-state index contributed by atoms with van der Waals surface area (Å²) in [5.74, 6) is 0.597. The Labute approximate surface area is 202 Å². The third-order valence-electron chi connectivity index (χ3n) is 6.47. The number of aryl methyl sites for hydroxylation is 1. The Bertz CT molecular complexity index is 1240. The van der Waals surface area contributed by atoms with E-state index < -0.39 is 10.9 Å². The third kappa shape index (κ3) is 5.18. The zero-order chi connectivity index (χ0) is 24.2. The van der Waals surface area contributed by atoms with E-state index in [-0.39, 0.29) is 12.5 Å². The number of pyridine rings is 1. The van der Waals surface area contributed by atoms with Gasteiger partial charge in [-0.15, -0.1) is 0 Å². The van der Waals surface area contributed by atoms with Crippen LogP contribution in [0.15, 0.2) is 34.7 Å². The highest BCUT2D eigenvalue weighted by Gasteiger charge is 2.31. The maximum atomic E-state index is 12.9. The first kappa shape index (κ1) is 24.4. The lowest BCUT2D eigenvalue weighted by molar-refractivity contribution is 0.0964. The van der Waals surface area contributed by atoms with Crippen molar-refractivity contribution in [2.24, 2.45) is 0 Å². The summed E-state index contributed by atoms with van der Waals surface area (Å²) in [6, 6.07) is 9.98. The maximum absolute atomic E-state index is 12.9. The zero-order valence-corrected chi connectivity index (χ0v) is 21.0. The number of hydrogen-bond acceptors (Lipinski definition) is 5. The molecule has 0 spiro atoms. The fourth-order valence-corrected chi connectivity index (χ4v) is 4.88. The van der Waals surface area contributed by atoms with E-state index in [2.05, 4.69) is 19.2 Å². The van der Waals surface area contributed by atoms with Crippen molar-refractivity contribution in [1.82, 2.24) is 14.6 Å². The molecule has 7 nitrogen and oxygen atoms in total. The summed E-state index contributed by atoms with van der Waals surface area (Å²) in [4.78, 5) is 17.7. The molecule has 1 aromatic carbocycles. The Hall–Kier alpha value is -2.71. The average molecular weight is 484 g/mol. The van der Waals surface area contributed by atoms with E-state index in [1.807, 2.05) is 30.3 Å². The number of fused-ring (bicyclic) bond motifs is 1. The van der Waals surface area contributed by atoms with Crippen LogP contribution < -0.4 is 5.32 Å². The number of carbonyl (C=O) groups is 1. The normalized spacial score (nSPS) is 13.8. The van der Waals surface area contributed by atoms with Gasteiger partial charge < -0.3 is 9.73 Å². The highest BCUT2D eigenvalue weighted by atomic mass is 32.2. The number of nitrogens with zero attached hydrogens (tertiary/aromatic N) is 2. The van der Waals surface area contributed by atoms with E-state index in [0.717, 1.165) is 55.3 Å². The number of thiol groups is 1. The van der Waals surface area contributed by atoms with Crippen molar-refractivity contribution in [1.29, 1.82) is 0 Å². The van der Waals surface area contributed by atoms with Gasteiger partial charge in [-0.1, -0.05) is 51.0 Å². The van der Waals surface area contributed by atoms with Crippen LogP contribution >= 0.6 is 0 Å². The second-order valence-electron chi connectivity index (χ2n) is 8.92. The van der Waals surface area contributed by atoms with Crippen LogP contribution in [0.25, 0.3) is 22.4 Å². The van der Waals surface area contributed by atoms with Gasteiger partial charge in [0.2, 0.25) is 16.6 Å². The van der Waals surface area contributed by atoms with Gasteiger partial charge in [0.05, 0.1) is 23.2 Å². The minimum Gasteiger partial charge on any atom is -0.437 e. The molecule has 4 rings (SSSR count). The Morgan fingerprint density at radius 1 is 1.18 bits per heavy atom. The van der Waals surface area contributed by atoms with Crippen molar-refractivity contribution < 1.29 is 17.6 Å². The largest absolute Gasteiger partial charge is 0.437 e. The molecule has 34 heavy (non-hydrogen) atoms. The standard InChI is InChI=1S/C26H33N3O4S/c1-4-6-7-14-29(34(31)32)16-22-20(18-12-13-18)15-21-23(25(30)27-3)24(33-26(21)28-22)19-10-8-17(5-2)9-11-19/h8-11,15,18,34H,4-7,12-14,16H2,1-3H3,(H,27,30).